The van der Waals surface area contributed by atoms with Crippen LogP contribution in [0.5, 0.6) is 5.75 Å². The fourth-order valence-electron chi connectivity index (χ4n) is 2.33. The van der Waals surface area contributed by atoms with E-state index in [1.165, 1.54) is 6.07 Å². The highest BCUT2D eigenvalue weighted by Gasteiger charge is 2.13. The van der Waals surface area contributed by atoms with Gasteiger partial charge in [0, 0.05) is 23.2 Å². The summed E-state index contributed by atoms with van der Waals surface area (Å²) in [6.45, 7) is 3.90. The molecule has 2 rings (SSSR count). The number of aromatic hydroxyl groups is 1. The number of hydrogen-bond donors (Lipinski definition) is 3. The van der Waals surface area contributed by atoms with Crippen LogP contribution in [0.1, 0.15) is 37.0 Å². The van der Waals surface area contributed by atoms with Gasteiger partial charge in [-0.1, -0.05) is 38.5 Å². The molecule has 2 aromatic carbocycles. The Kier molecular flexibility index (Phi) is 5.95. The van der Waals surface area contributed by atoms with Gasteiger partial charge in [-0.25, -0.2) is 0 Å². The van der Waals surface area contributed by atoms with Crippen LogP contribution >= 0.6 is 0 Å². The SMILES string of the molecule is CCCC(C)C(=O)Nc1ccc(NC(=O)c2ccccc2)c(O)c1. The lowest BCUT2D eigenvalue weighted by molar-refractivity contribution is -0.119. The van der Waals surface area contributed by atoms with Gasteiger partial charge in [-0.2, -0.15) is 0 Å². The number of phenolic OH excluding ortho intramolecular Hbond substituents is 1. The second-order valence-electron chi connectivity index (χ2n) is 5.73. The van der Waals surface area contributed by atoms with E-state index in [0.717, 1.165) is 12.8 Å². The summed E-state index contributed by atoms with van der Waals surface area (Å²) in [6, 6.07) is 13.4. The highest BCUT2D eigenvalue weighted by atomic mass is 16.3. The van der Waals surface area contributed by atoms with Crippen LogP contribution in [0.4, 0.5) is 11.4 Å². The third-order valence-corrected chi connectivity index (χ3v) is 3.72. The lowest BCUT2D eigenvalue weighted by Gasteiger charge is -2.13. The van der Waals surface area contributed by atoms with Crippen molar-refractivity contribution in [1.82, 2.24) is 0 Å². The maximum Gasteiger partial charge on any atom is 0.255 e. The van der Waals surface area contributed by atoms with Gasteiger partial charge in [0.1, 0.15) is 5.75 Å². The zero-order valence-electron chi connectivity index (χ0n) is 13.9. The largest absolute Gasteiger partial charge is 0.506 e. The van der Waals surface area contributed by atoms with Gasteiger partial charge in [-0.3, -0.25) is 9.59 Å². The summed E-state index contributed by atoms with van der Waals surface area (Å²) >= 11 is 0. The van der Waals surface area contributed by atoms with E-state index in [2.05, 4.69) is 10.6 Å². The van der Waals surface area contributed by atoms with E-state index in [-0.39, 0.29) is 23.5 Å². The fraction of sp³-hybridized carbons (Fsp3) is 0.263. The van der Waals surface area contributed by atoms with Gasteiger partial charge in [0.05, 0.1) is 5.69 Å². The molecule has 24 heavy (non-hydrogen) atoms. The van der Waals surface area contributed by atoms with Crippen molar-refractivity contribution in [2.45, 2.75) is 26.7 Å². The first-order valence-electron chi connectivity index (χ1n) is 8.01. The number of carbonyl (C=O) groups is 2. The highest BCUT2D eigenvalue weighted by Crippen LogP contribution is 2.27. The van der Waals surface area contributed by atoms with E-state index in [1.807, 2.05) is 19.9 Å². The van der Waals surface area contributed by atoms with E-state index >= 15 is 0 Å². The van der Waals surface area contributed by atoms with Gasteiger partial charge in [0.2, 0.25) is 5.91 Å². The Labute approximate surface area is 141 Å². The van der Waals surface area contributed by atoms with Crippen LogP contribution in [0.25, 0.3) is 0 Å². The van der Waals surface area contributed by atoms with Crippen molar-refractivity contribution in [3.8, 4) is 5.75 Å². The van der Waals surface area contributed by atoms with Crippen molar-refractivity contribution in [3.05, 3.63) is 54.1 Å². The molecule has 0 aliphatic rings. The molecule has 0 spiro atoms. The Bertz CT molecular complexity index is 714. The lowest BCUT2D eigenvalue weighted by Crippen LogP contribution is -2.20. The Morgan fingerprint density at radius 3 is 2.42 bits per heavy atom. The highest BCUT2D eigenvalue weighted by molar-refractivity contribution is 6.05. The monoisotopic (exact) mass is 326 g/mol. The molecule has 0 aliphatic heterocycles. The molecule has 0 heterocycles. The molecule has 1 unspecified atom stereocenters. The first-order chi connectivity index (χ1) is 11.5. The summed E-state index contributed by atoms with van der Waals surface area (Å²) in [6.07, 6.45) is 1.74. The molecule has 0 saturated heterocycles. The van der Waals surface area contributed by atoms with E-state index < -0.39 is 0 Å². The van der Waals surface area contributed by atoms with Crippen LogP contribution in [0.3, 0.4) is 0 Å². The number of amides is 2. The Hall–Kier alpha value is -2.82. The van der Waals surface area contributed by atoms with Crippen LogP contribution in [-0.2, 0) is 4.79 Å². The molecule has 1 atom stereocenters. The summed E-state index contributed by atoms with van der Waals surface area (Å²) in [5.74, 6) is -0.577. The van der Waals surface area contributed by atoms with Crippen LogP contribution in [0, 0.1) is 5.92 Å². The number of hydrogen-bond acceptors (Lipinski definition) is 3. The normalized spacial score (nSPS) is 11.6. The molecule has 0 saturated carbocycles. The van der Waals surface area contributed by atoms with E-state index in [1.54, 1.807) is 36.4 Å². The van der Waals surface area contributed by atoms with E-state index in [0.29, 0.717) is 16.9 Å². The Morgan fingerprint density at radius 2 is 1.79 bits per heavy atom. The predicted molar refractivity (Wildman–Crippen MR) is 95.2 cm³/mol. The molecule has 3 N–H and O–H groups in total. The molecule has 0 aliphatic carbocycles. The molecule has 0 bridgehead atoms. The molecular weight excluding hydrogens is 304 g/mol. The maximum atomic E-state index is 12.1. The number of phenols is 1. The average Bonchev–Trinajstić information content (AvgIpc) is 2.58. The van der Waals surface area contributed by atoms with E-state index in [9.17, 15) is 14.7 Å². The van der Waals surface area contributed by atoms with Gasteiger partial charge >= 0.3 is 0 Å². The van der Waals surface area contributed by atoms with Gasteiger partial charge in [0.15, 0.2) is 0 Å². The van der Waals surface area contributed by atoms with Crippen LogP contribution in [0.2, 0.25) is 0 Å². The topological polar surface area (TPSA) is 78.4 Å². The first kappa shape index (κ1) is 17.5. The quantitative estimate of drug-likeness (QED) is 0.702. The number of benzene rings is 2. The van der Waals surface area contributed by atoms with Crippen LogP contribution in [0.15, 0.2) is 48.5 Å². The number of nitrogens with one attached hydrogen (secondary N) is 2. The zero-order chi connectivity index (χ0) is 17.5. The van der Waals surface area contributed by atoms with Crippen molar-refractivity contribution in [1.29, 1.82) is 0 Å². The molecular formula is C19H22N2O3. The molecule has 2 aromatic rings. The van der Waals surface area contributed by atoms with Crippen molar-refractivity contribution in [2.24, 2.45) is 5.92 Å². The summed E-state index contributed by atoms with van der Waals surface area (Å²) in [4.78, 5) is 24.1. The molecule has 126 valence electrons. The van der Waals surface area contributed by atoms with Crippen LogP contribution < -0.4 is 10.6 Å². The Morgan fingerprint density at radius 1 is 1.08 bits per heavy atom. The minimum absolute atomic E-state index is 0.0858. The standard InChI is InChI=1S/C19H22N2O3/c1-3-7-13(2)18(23)20-15-10-11-16(17(22)12-15)21-19(24)14-8-5-4-6-9-14/h4-6,8-13,22H,3,7H2,1-2H3,(H,20,23)(H,21,24). The second kappa shape index (κ2) is 8.15. The van der Waals surface area contributed by atoms with Gasteiger partial charge in [-0.05, 0) is 30.7 Å². The van der Waals surface area contributed by atoms with E-state index in [4.69, 9.17) is 0 Å². The van der Waals surface area contributed by atoms with Crippen molar-refractivity contribution in [2.75, 3.05) is 10.6 Å². The predicted octanol–water partition coefficient (Wildman–Crippen LogP) is 4.02. The smallest absolute Gasteiger partial charge is 0.255 e. The molecule has 0 radical (unpaired) electrons. The molecule has 0 fully saturated rings. The molecule has 5 nitrogen and oxygen atoms in total. The first-order valence-corrected chi connectivity index (χ1v) is 8.01. The summed E-state index contributed by atoms with van der Waals surface area (Å²) < 4.78 is 0. The third kappa shape index (κ3) is 4.59. The summed E-state index contributed by atoms with van der Waals surface area (Å²) in [5.41, 5.74) is 1.30. The number of rotatable bonds is 6. The second-order valence-corrected chi connectivity index (χ2v) is 5.73. The summed E-state index contributed by atoms with van der Waals surface area (Å²) in [7, 11) is 0. The zero-order valence-corrected chi connectivity index (χ0v) is 13.9. The van der Waals surface area contributed by atoms with Crippen molar-refractivity contribution < 1.29 is 14.7 Å². The Balaban J connectivity index is 2.04. The lowest BCUT2D eigenvalue weighted by atomic mass is 10.1. The fourth-order valence-corrected chi connectivity index (χ4v) is 2.33. The number of anilines is 2. The summed E-state index contributed by atoms with van der Waals surface area (Å²) in [5, 5.41) is 15.5. The maximum absolute atomic E-state index is 12.1. The van der Waals surface area contributed by atoms with Gasteiger partial charge in [-0.15, -0.1) is 0 Å². The van der Waals surface area contributed by atoms with Crippen molar-refractivity contribution >= 4 is 23.2 Å². The minimum atomic E-state index is -0.306. The molecule has 2 amide bonds. The minimum Gasteiger partial charge on any atom is -0.506 e. The number of carbonyl (C=O) groups excluding carboxylic acids is 2. The third-order valence-electron chi connectivity index (χ3n) is 3.72. The average molecular weight is 326 g/mol. The van der Waals surface area contributed by atoms with Crippen molar-refractivity contribution in [3.63, 3.8) is 0 Å². The van der Waals surface area contributed by atoms with Gasteiger partial charge in [0.25, 0.3) is 5.91 Å². The molecule has 5 heteroatoms. The van der Waals surface area contributed by atoms with Crippen LogP contribution in [-0.4, -0.2) is 16.9 Å². The molecule has 0 aromatic heterocycles. The van der Waals surface area contributed by atoms with Gasteiger partial charge < -0.3 is 15.7 Å².